The molecule has 1 saturated carbocycles. The standard InChI is InChI=1S/C15H29N3.HI/c1-2-3-5-13-6-8-14(9-7-13)12-18-15-16-10-4-11-17-15;/h13-14H,2-12H2,1H3,(H2,16,17,18);1H. The predicted molar refractivity (Wildman–Crippen MR) is 93.3 cm³/mol. The molecule has 0 unspecified atom stereocenters. The van der Waals surface area contributed by atoms with Gasteiger partial charge in [-0.2, -0.15) is 0 Å². The van der Waals surface area contributed by atoms with Gasteiger partial charge in [-0.1, -0.05) is 39.0 Å². The molecular weight excluding hydrogens is 349 g/mol. The lowest BCUT2D eigenvalue weighted by Crippen LogP contribution is -2.43. The van der Waals surface area contributed by atoms with Crippen LogP contribution in [0.5, 0.6) is 0 Å². The summed E-state index contributed by atoms with van der Waals surface area (Å²) < 4.78 is 0. The van der Waals surface area contributed by atoms with Gasteiger partial charge in [-0.3, -0.25) is 4.99 Å². The van der Waals surface area contributed by atoms with Crippen LogP contribution in [0.3, 0.4) is 0 Å². The van der Waals surface area contributed by atoms with Gasteiger partial charge in [-0.15, -0.1) is 24.0 Å². The zero-order valence-electron chi connectivity index (χ0n) is 12.3. The van der Waals surface area contributed by atoms with Crippen molar-refractivity contribution in [3.8, 4) is 0 Å². The first-order valence-corrected chi connectivity index (χ1v) is 7.90. The van der Waals surface area contributed by atoms with Crippen LogP contribution in [0.4, 0.5) is 0 Å². The zero-order chi connectivity index (χ0) is 12.6. The van der Waals surface area contributed by atoms with Crippen molar-refractivity contribution < 1.29 is 0 Å². The molecule has 1 heterocycles. The quantitative estimate of drug-likeness (QED) is 0.717. The third-order valence-corrected chi connectivity index (χ3v) is 4.39. The summed E-state index contributed by atoms with van der Waals surface area (Å²) in [6.07, 6.45) is 11.1. The highest BCUT2D eigenvalue weighted by molar-refractivity contribution is 14.0. The molecule has 3 nitrogen and oxygen atoms in total. The highest BCUT2D eigenvalue weighted by Gasteiger charge is 2.20. The van der Waals surface area contributed by atoms with Crippen LogP contribution in [-0.4, -0.2) is 25.6 Å². The van der Waals surface area contributed by atoms with Crippen molar-refractivity contribution in [2.24, 2.45) is 16.8 Å². The molecule has 0 aromatic carbocycles. The minimum absolute atomic E-state index is 0. The molecule has 0 saturated heterocycles. The lowest BCUT2D eigenvalue weighted by Gasteiger charge is -2.29. The maximum Gasteiger partial charge on any atom is 0.191 e. The molecule has 0 aromatic heterocycles. The van der Waals surface area contributed by atoms with Gasteiger partial charge in [0.25, 0.3) is 0 Å². The van der Waals surface area contributed by atoms with Crippen molar-refractivity contribution >= 4 is 29.9 Å². The van der Waals surface area contributed by atoms with Crippen LogP contribution in [0.15, 0.2) is 4.99 Å². The lowest BCUT2D eigenvalue weighted by atomic mass is 9.80. The molecule has 0 bridgehead atoms. The van der Waals surface area contributed by atoms with Crippen LogP contribution < -0.4 is 10.6 Å². The Kier molecular flexibility index (Phi) is 8.83. The minimum Gasteiger partial charge on any atom is -0.356 e. The van der Waals surface area contributed by atoms with E-state index in [-0.39, 0.29) is 24.0 Å². The summed E-state index contributed by atoms with van der Waals surface area (Å²) in [7, 11) is 0. The van der Waals surface area contributed by atoms with Gasteiger partial charge in [0.1, 0.15) is 0 Å². The summed E-state index contributed by atoms with van der Waals surface area (Å²) in [5.41, 5.74) is 0. The topological polar surface area (TPSA) is 36.4 Å². The van der Waals surface area contributed by atoms with Crippen LogP contribution in [0.2, 0.25) is 0 Å². The molecule has 1 fully saturated rings. The Hall–Kier alpha value is 0. The van der Waals surface area contributed by atoms with E-state index in [1.54, 1.807) is 0 Å². The maximum absolute atomic E-state index is 4.46. The van der Waals surface area contributed by atoms with Crippen molar-refractivity contribution in [2.45, 2.75) is 58.3 Å². The van der Waals surface area contributed by atoms with E-state index in [9.17, 15) is 0 Å². The van der Waals surface area contributed by atoms with Gasteiger partial charge in [0.15, 0.2) is 5.96 Å². The second-order valence-electron chi connectivity index (χ2n) is 5.92. The number of nitrogens with zero attached hydrogens (tertiary/aromatic N) is 1. The zero-order valence-corrected chi connectivity index (χ0v) is 14.6. The number of guanidine groups is 1. The van der Waals surface area contributed by atoms with Gasteiger partial charge >= 0.3 is 0 Å². The summed E-state index contributed by atoms with van der Waals surface area (Å²) in [4.78, 5) is 4.46. The summed E-state index contributed by atoms with van der Waals surface area (Å²) in [6, 6.07) is 0. The Morgan fingerprint density at radius 3 is 2.58 bits per heavy atom. The number of aliphatic imine (C=N–C) groups is 1. The van der Waals surface area contributed by atoms with E-state index >= 15 is 0 Å². The number of hydrogen-bond acceptors (Lipinski definition) is 3. The predicted octanol–water partition coefficient (Wildman–Crippen LogP) is 3.54. The van der Waals surface area contributed by atoms with Gasteiger partial charge < -0.3 is 10.6 Å². The SMILES string of the molecule is CCCCC1CCC(CNC2=NCCCN2)CC1.I. The first-order valence-electron chi connectivity index (χ1n) is 7.90. The molecule has 0 radical (unpaired) electrons. The van der Waals surface area contributed by atoms with Crippen LogP contribution in [0.25, 0.3) is 0 Å². The van der Waals surface area contributed by atoms with Crippen molar-refractivity contribution in [1.82, 2.24) is 10.6 Å². The fourth-order valence-electron chi connectivity index (χ4n) is 3.11. The normalized spacial score (nSPS) is 26.9. The summed E-state index contributed by atoms with van der Waals surface area (Å²) in [5.74, 6) is 2.93. The highest BCUT2D eigenvalue weighted by Crippen LogP contribution is 2.31. The average Bonchev–Trinajstić information content (AvgIpc) is 2.45. The van der Waals surface area contributed by atoms with E-state index in [1.165, 1.54) is 51.4 Å². The molecule has 2 N–H and O–H groups in total. The van der Waals surface area contributed by atoms with Gasteiger partial charge in [0.05, 0.1) is 0 Å². The smallest absolute Gasteiger partial charge is 0.191 e. The molecule has 19 heavy (non-hydrogen) atoms. The second-order valence-corrected chi connectivity index (χ2v) is 5.92. The molecule has 1 aliphatic heterocycles. The Labute approximate surface area is 135 Å². The number of halogens is 1. The molecule has 0 spiro atoms. The van der Waals surface area contributed by atoms with E-state index in [4.69, 9.17) is 0 Å². The molecular formula is C15H30IN3. The van der Waals surface area contributed by atoms with E-state index in [0.29, 0.717) is 0 Å². The molecule has 2 rings (SSSR count). The van der Waals surface area contributed by atoms with Crippen molar-refractivity contribution in [2.75, 3.05) is 19.6 Å². The van der Waals surface area contributed by atoms with E-state index < -0.39 is 0 Å². The van der Waals surface area contributed by atoms with Gasteiger partial charge in [0.2, 0.25) is 0 Å². The van der Waals surface area contributed by atoms with Crippen molar-refractivity contribution in [3.05, 3.63) is 0 Å². The Morgan fingerprint density at radius 1 is 1.21 bits per heavy atom. The summed E-state index contributed by atoms with van der Waals surface area (Å²) in [6.45, 7) is 5.48. The minimum atomic E-state index is 0. The van der Waals surface area contributed by atoms with Crippen molar-refractivity contribution in [3.63, 3.8) is 0 Å². The number of rotatable bonds is 5. The molecule has 0 atom stereocenters. The Morgan fingerprint density at radius 2 is 1.95 bits per heavy atom. The largest absolute Gasteiger partial charge is 0.356 e. The number of nitrogens with one attached hydrogen (secondary N) is 2. The maximum atomic E-state index is 4.46. The van der Waals surface area contributed by atoms with Crippen LogP contribution in [-0.2, 0) is 0 Å². The Bertz CT molecular complexity index is 260. The highest BCUT2D eigenvalue weighted by atomic mass is 127. The third-order valence-electron chi connectivity index (χ3n) is 4.39. The fourth-order valence-corrected chi connectivity index (χ4v) is 3.11. The fraction of sp³-hybridized carbons (Fsp3) is 0.933. The molecule has 0 amide bonds. The second kappa shape index (κ2) is 9.83. The van der Waals surface area contributed by atoms with E-state index in [0.717, 1.165) is 37.4 Å². The Balaban J connectivity index is 0.00000180. The monoisotopic (exact) mass is 379 g/mol. The van der Waals surface area contributed by atoms with E-state index in [2.05, 4.69) is 22.5 Å². The first kappa shape index (κ1) is 17.1. The summed E-state index contributed by atoms with van der Waals surface area (Å²) >= 11 is 0. The third kappa shape index (κ3) is 6.32. The molecule has 112 valence electrons. The van der Waals surface area contributed by atoms with Crippen LogP contribution in [0, 0.1) is 11.8 Å². The number of hydrogen-bond donors (Lipinski definition) is 2. The number of unbranched alkanes of at least 4 members (excludes halogenated alkanes) is 1. The van der Waals surface area contributed by atoms with E-state index in [1.807, 2.05) is 0 Å². The molecule has 0 aromatic rings. The van der Waals surface area contributed by atoms with Crippen LogP contribution >= 0.6 is 24.0 Å². The van der Waals surface area contributed by atoms with Gasteiger partial charge in [-0.05, 0) is 31.1 Å². The molecule has 2 aliphatic rings. The summed E-state index contributed by atoms with van der Waals surface area (Å²) in [5, 5.41) is 6.82. The van der Waals surface area contributed by atoms with Gasteiger partial charge in [0, 0.05) is 19.6 Å². The van der Waals surface area contributed by atoms with Crippen LogP contribution in [0.1, 0.15) is 58.3 Å². The molecule has 4 heteroatoms. The average molecular weight is 379 g/mol. The molecule has 1 aliphatic carbocycles. The van der Waals surface area contributed by atoms with Crippen molar-refractivity contribution in [1.29, 1.82) is 0 Å². The first-order chi connectivity index (χ1) is 8.88. The van der Waals surface area contributed by atoms with Gasteiger partial charge in [-0.25, -0.2) is 0 Å². The lowest BCUT2D eigenvalue weighted by molar-refractivity contribution is 0.259.